The van der Waals surface area contributed by atoms with Crippen molar-refractivity contribution in [2.75, 3.05) is 24.4 Å². The number of methoxy groups -OCH3 is 1. The van der Waals surface area contributed by atoms with Crippen LogP contribution in [0, 0.1) is 0 Å². The number of amides is 2. The van der Waals surface area contributed by atoms with Crippen LogP contribution in [0.15, 0.2) is 60.7 Å². The summed E-state index contributed by atoms with van der Waals surface area (Å²) in [6.45, 7) is -0.518. The number of rotatable bonds is 7. The van der Waals surface area contributed by atoms with Crippen LogP contribution in [0.5, 0.6) is 5.75 Å². The van der Waals surface area contributed by atoms with E-state index in [-0.39, 0.29) is 21.8 Å². The summed E-state index contributed by atoms with van der Waals surface area (Å²) < 4.78 is 10.0. The number of anilines is 2. The van der Waals surface area contributed by atoms with Gasteiger partial charge in [0, 0.05) is 16.9 Å². The molecule has 8 nitrogen and oxygen atoms in total. The fourth-order valence-electron chi connectivity index (χ4n) is 2.58. The van der Waals surface area contributed by atoms with Crippen LogP contribution in [0.2, 0.25) is 10.3 Å². The first-order chi connectivity index (χ1) is 15.3. The average Bonchev–Trinajstić information content (AvgIpc) is 2.77. The number of nitrogens with zero attached hydrogens (tertiary/aromatic N) is 1. The van der Waals surface area contributed by atoms with E-state index in [2.05, 4.69) is 15.6 Å². The third kappa shape index (κ3) is 6.44. The van der Waals surface area contributed by atoms with Gasteiger partial charge in [-0.3, -0.25) is 9.59 Å². The SMILES string of the molecule is COc1ccc(NC(=O)c2ccc(NC(=O)COC(=O)c3cc(Cl)nc(Cl)c3)cc2)cc1. The first-order valence-corrected chi connectivity index (χ1v) is 9.95. The van der Waals surface area contributed by atoms with Gasteiger partial charge >= 0.3 is 5.97 Å². The fourth-order valence-corrected chi connectivity index (χ4v) is 3.04. The third-order valence-electron chi connectivity index (χ3n) is 4.11. The zero-order valence-corrected chi connectivity index (χ0v) is 18.2. The molecule has 0 fully saturated rings. The van der Waals surface area contributed by atoms with E-state index in [1.807, 2.05) is 0 Å². The maximum atomic E-state index is 12.4. The number of carbonyl (C=O) groups excluding carboxylic acids is 3. The summed E-state index contributed by atoms with van der Waals surface area (Å²) in [5.74, 6) is -0.948. The van der Waals surface area contributed by atoms with Crippen LogP contribution >= 0.6 is 23.2 Å². The summed E-state index contributed by atoms with van der Waals surface area (Å²) in [6, 6.07) is 15.7. The average molecular weight is 474 g/mol. The Morgan fingerprint density at radius 3 is 2.00 bits per heavy atom. The number of carbonyl (C=O) groups is 3. The fraction of sp³-hybridized carbons (Fsp3) is 0.0909. The molecule has 0 saturated heterocycles. The molecule has 2 amide bonds. The van der Waals surface area contributed by atoms with Crippen molar-refractivity contribution in [1.82, 2.24) is 4.98 Å². The molecule has 0 radical (unpaired) electrons. The molecule has 2 N–H and O–H groups in total. The van der Waals surface area contributed by atoms with Crippen molar-refractivity contribution in [2.24, 2.45) is 0 Å². The first kappa shape index (κ1) is 23.1. The molecule has 0 aliphatic carbocycles. The predicted octanol–water partition coefficient (Wildman–Crippen LogP) is 4.44. The smallest absolute Gasteiger partial charge is 0.338 e. The summed E-state index contributed by atoms with van der Waals surface area (Å²) >= 11 is 11.5. The van der Waals surface area contributed by atoms with Crippen molar-refractivity contribution in [2.45, 2.75) is 0 Å². The van der Waals surface area contributed by atoms with E-state index in [1.165, 1.54) is 12.1 Å². The summed E-state index contributed by atoms with van der Waals surface area (Å²) in [5.41, 5.74) is 1.53. The number of benzene rings is 2. The van der Waals surface area contributed by atoms with E-state index in [0.29, 0.717) is 22.7 Å². The third-order valence-corrected chi connectivity index (χ3v) is 4.50. The van der Waals surface area contributed by atoms with Crippen LogP contribution in [0.3, 0.4) is 0 Å². The van der Waals surface area contributed by atoms with Gasteiger partial charge in [0.1, 0.15) is 16.1 Å². The summed E-state index contributed by atoms with van der Waals surface area (Å²) in [7, 11) is 1.56. The van der Waals surface area contributed by atoms with Crippen LogP contribution in [0.1, 0.15) is 20.7 Å². The highest BCUT2D eigenvalue weighted by Crippen LogP contribution is 2.17. The molecule has 164 valence electrons. The lowest BCUT2D eigenvalue weighted by Gasteiger charge is -2.09. The molecule has 1 heterocycles. The zero-order chi connectivity index (χ0) is 23.1. The number of ether oxygens (including phenoxy) is 2. The molecule has 0 bridgehead atoms. The Hall–Kier alpha value is -3.62. The van der Waals surface area contributed by atoms with Gasteiger partial charge < -0.3 is 20.1 Å². The molecule has 1 aromatic heterocycles. The largest absolute Gasteiger partial charge is 0.497 e. The van der Waals surface area contributed by atoms with Crippen molar-refractivity contribution in [3.05, 3.63) is 82.1 Å². The number of halogens is 2. The normalized spacial score (nSPS) is 10.2. The lowest BCUT2D eigenvalue weighted by Crippen LogP contribution is -2.21. The maximum absolute atomic E-state index is 12.4. The minimum absolute atomic E-state index is 0.0324. The lowest BCUT2D eigenvalue weighted by atomic mass is 10.2. The van der Waals surface area contributed by atoms with Crippen LogP contribution in [-0.4, -0.2) is 36.5 Å². The molecule has 0 atom stereocenters. The van der Waals surface area contributed by atoms with Crippen LogP contribution in [0.4, 0.5) is 11.4 Å². The summed E-state index contributed by atoms with van der Waals surface area (Å²) in [4.78, 5) is 40.1. The van der Waals surface area contributed by atoms with Gasteiger partial charge in [0.05, 0.1) is 12.7 Å². The Labute approximate surface area is 193 Å². The molecule has 0 aliphatic heterocycles. The van der Waals surface area contributed by atoms with E-state index in [9.17, 15) is 14.4 Å². The van der Waals surface area contributed by atoms with E-state index in [1.54, 1.807) is 55.6 Å². The van der Waals surface area contributed by atoms with Crippen molar-refractivity contribution in [3.8, 4) is 5.75 Å². The highest BCUT2D eigenvalue weighted by atomic mass is 35.5. The van der Waals surface area contributed by atoms with E-state index in [4.69, 9.17) is 32.7 Å². The number of pyridine rings is 1. The molecule has 2 aromatic carbocycles. The molecule has 0 unspecified atom stereocenters. The molecule has 32 heavy (non-hydrogen) atoms. The molecule has 10 heteroatoms. The van der Waals surface area contributed by atoms with Gasteiger partial charge in [-0.05, 0) is 60.7 Å². The van der Waals surface area contributed by atoms with Crippen molar-refractivity contribution in [3.63, 3.8) is 0 Å². The molecule has 3 aromatic rings. The predicted molar refractivity (Wildman–Crippen MR) is 121 cm³/mol. The number of nitrogens with one attached hydrogen (secondary N) is 2. The molecular formula is C22H17Cl2N3O5. The van der Waals surface area contributed by atoms with Gasteiger partial charge in [-0.25, -0.2) is 9.78 Å². The topological polar surface area (TPSA) is 107 Å². The Morgan fingerprint density at radius 1 is 0.844 bits per heavy atom. The van der Waals surface area contributed by atoms with E-state index in [0.717, 1.165) is 0 Å². The standard InChI is InChI=1S/C22H17Cl2N3O5/c1-31-17-8-6-16(7-9-17)26-21(29)13-2-4-15(5-3-13)25-20(28)12-32-22(30)14-10-18(23)27-19(24)11-14/h2-11H,12H2,1H3,(H,25,28)(H,26,29). The molecule has 0 saturated carbocycles. The molecule has 3 rings (SSSR count). The maximum Gasteiger partial charge on any atom is 0.338 e. The highest BCUT2D eigenvalue weighted by Gasteiger charge is 2.13. The van der Waals surface area contributed by atoms with Crippen LogP contribution in [0.25, 0.3) is 0 Å². The highest BCUT2D eigenvalue weighted by molar-refractivity contribution is 6.33. The Bertz CT molecular complexity index is 1120. The summed E-state index contributed by atoms with van der Waals surface area (Å²) in [6.07, 6.45) is 0. The second-order valence-corrected chi connectivity index (χ2v) is 7.16. The van der Waals surface area contributed by atoms with Crippen molar-refractivity contribution < 1.29 is 23.9 Å². The molecular weight excluding hydrogens is 457 g/mol. The van der Waals surface area contributed by atoms with Crippen molar-refractivity contribution in [1.29, 1.82) is 0 Å². The second-order valence-electron chi connectivity index (χ2n) is 6.39. The minimum Gasteiger partial charge on any atom is -0.497 e. The lowest BCUT2D eigenvalue weighted by molar-refractivity contribution is -0.119. The number of hydrogen-bond acceptors (Lipinski definition) is 6. The Morgan fingerprint density at radius 2 is 1.41 bits per heavy atom. The Balaban J connectivity index is 1.51. The van der Waals surface area contributed by atoms with Crippen LogP contribution in [-0.2, 0) is 9.53 Å². The van der Waals surface area contributed by atoms with Gasteiger partial charge in [0.15, 0.2) is 6.61 Å². The van der Waals surface area contributed by atoms with Gasteiger partial charge in [-0.15, -0.1) is 0 Å². The Kier molecular flexibility index (Phi) is 7.64. The number of hydrogen-bond donors (Lipinski definition) is 2. The minimum atomic E-state index is -0.767. The van der Waals surface area contributed by atoms with E-state index >= 15 is 0 Å². The second kappa shape index (κ2) is 10.6. The van der Waals surface area contributed by atoms with Gasteiger partial charge in [-0.2, -0.15) is 0 Å². The molecule has 0 spiro atoms. The monoisotopic (exact) mass is 473 g/mol. The van der Waals surface area contributed by atoms with Gasteiger partial charge in [-0.1, -0.05) is 23.2 Å². The van der Waals surface area contributed by atoms with Crippen molar-refractivity contribution >= 4 is 52.4 Å². The number of esters is 1. The molecule has 0 aliphatic rings. The first-order valence-electron chi connectivity index (χ1n) is 9.19. The van der Waals surface area contributed by atoms with Gasteiger partial charge in [0.2, 0.25) is 0 Å². The van der Waals surface area contributed by atoms with Gasteiger partial charge in [0.25, 0.3) is 11.8 Å². The zero-order valence-electron chi connectivity index (χ0n) is 16.7. The van der Waals surface area contributed by atoms with Crippen LogP contribution < -0.4 is 15.4 Å². The van der Waals surface area contributed by atoms with E-state index < -0.39 is 18.5 Å². The quantitative estimate of drug-likeness (QED) is 0.387. The number of aromatic nitrogens is 1. The summed E-state index contributed by atoms with van der Waals surface area (Å²) in [5, 5.41) is 5.40.